The summed E-state index contributed by atoms with van der Waals surface area (Å²) < 4.78 is 33.6. The Hall–Kier alpha value is -0.0400. The highest BCUT2D eigenvalue weighted by molar-refractivity contribution is 7.47. The average molecular weight is 234 g/mol. The second-order valence-electron chi connectivity index (χ2n) is 1.86. The van der Waals surface area contributed by atoms with Crippen molar-refractivity contribution in [3.05, 3.63) is 0 Å². The Morgan fingerprint density at radius 2 is 1.50 bits per heavy atom. The second-order valence-corrected chi connectivity index (χ2v) is 3.45. The van der Waals surface area contributed by atoms with Gasteiger partial charge in [0.15, 0.2) is 0 Å². The van der Waals surface area contributed by atoms with Crippen LogP contribution in [0.3, 0.4) is 0 Å². The molecule has 0 aromatic heterocycles. The molecule has 14 heavy (non-hydrogen) atoms. The van der Waals surface area contributed by atoms with Gasteiger partial charge in [0.1, 0.15) is 0 Å². The van der Waals surface area contributed by atoms with Gasteiger partial charge in [-0.05, 0) is 0 Å². The highest BCUT2D eigenvalue weighted by atomic mass is 31.2. The van der Waals surface area contributed by atoms with Crippen molar-refractivity contribution in [2.24, 2.45) is 0 Å². The predicted molar refractivity (Wildman–Crippen MR) is 47.7 cm³/mol. The van der Waals surface area contributed by atoms with E-state index in [1.54, 1.807) is 0 Å². The van der Waals surface area contributed by atoms with Gasteiger partial charge in [-0.2, -0.15) is 0 Å². The lowest BCUT2D eigenvalue weighted by Crippen LogP contribution is -2.03. The number of hydrogen-bond acceptors (Lipinski definition) is 6. The van der Waals surface area contributed by atoms with Crippen LogP contribution in [0.15, 0.2) is 0 Å². The van der Waals surface area contributed by atoms with E-state index in [1.807, 2.05) is 0 Å². The third-order valence-corrected chi connectivity index (χ3v) is 1.78. The molecule has 0 bridgehead atoms. The van der Waals surface area contributed by atoms with E-state index in [4.69, 9.17) is 10.2 Å². The van der Waals surface area contributed by atoms with Crippen molar-refractivity contribution in [1.29, 1.82) is 0 Å². The van der Waals surface area contributed by atoms with Crippen molar-refractivity contribution in [1.82, 2.24) is 0 Å². The van der Waals surface area contributed by atoms with Gasteiger partial charge in [0.05, 0.1) is 26.4 Å². The van der Waals surface area contributed by atoms with Crippen LogP contribution in [0.1, 0.15) is 0 Å². The first-order valence-corrected chi connectivity index (χ1v) is 5.18. The lowest BCUT2D eigenvalue weighted by Gasteiger charge is -1.98. The van der Waals surface area contributed by atoms with Gasteiger partial charge in [0.2, 0.25) is 0 Å². The molecule has 88 valence electrons. The fourth-order valence-electron chi connectivity index (χ4n) is 0.306. The molecule has 0 aromatic rings. The molecule has 0 aliphatic heterocycles. The monoisotopic (exact) mass is 234 g/mol. The van der Waals surface area contributed by atoms with Crippen LogP contribution < -0.4 is 0 Å². The first-order chi connectivity index (χ1) is 6.54. The van der Waals surface area contributed by atoms with Gasteiger partial charge in [-0.3, -0.25) is 9.05 Å². The van der Waals surface area contributed by atoms with Crippen LogP contribution in [-0.4, -0.2) is 50.9 Å². The molecular weight excluding hydrogens is 218 g/mol. The topological polar surface area (TPSA) is 85.2 Å². The molecule has 0 saturated carbocycles. The van der Waals surface area contributed by atoms with E-state index in [2.05, 4.69) is 13.8 Å². The van der Waals surface area contributed by atoms with Gasteiger partial charge in [-0.25, -0.2) is 4.57 Å². The molecule has 0 unspecified atom stereocenters. The van der Waals surface area contributed by atoms with Gasteiger partial charge < -0.3 is 14.9 Å². The Labute approximate surface area is 82.2 Å². The molecule has 0 aliphatic carbocycles. The smallest absolute Gasteiger partial charge is 0.394 e. The third-order valence-electron chi connectivity index (χ3n) is 0.907. The zero-order valence-corrected chi connectivity index (χ0v) is 9.08. The van der Waals surface area contributed by atoms with E-state index in [9.17, 15) is 8.76 Å². The number of halogens is 1. The Kier molecular flexibility index (Phi) is 12.9. The van der Waals surface area contributed by atoms with Crippen molar-refractivity contribution < 1.29 is 32.8 Å². The van der Waals surface area contributed by atoms with E-state index in [1.165, 1.54) is 0 Å². The summed E-state index contributed by atoms with van der Waals surface area (Å²) >= 11 is 0. The largest absolute Gasteiger partial charge is 0.512 e. The number of hydrogen-bond donors (Lipinski definition) is 2. The van der Waals surface area contributed by atoms with Gasteiger partial charge in [-0.15, -0.1) is 4.20 Å². The van der Waals surface area contributed by atoms with Crippen molar-refractivity contribution in [3.63, 3.8) is 0 Å². The minimum absolute atomic E-state index is 0.0278. The lowest BCUT2D eigenvalue weighted by atomic mass is 10.7. The quantitative estimate of drug-likeness (QED) is 0.509. The molecule has 0 spiro atoms. The van der Waals surface area contributed by atoms with Gasteiger partial charge in [0.25, 0.3) is 0 Å². The molecule has 0 saturated heterocycles. The average Bonchev–Trinajstić information content (AvgIpc) is 2.20. The minimum atomic E-state index is -4.15. The zero-order chi connectivity index (χ0) is 11.4. The molecule has 0 fully saturated rings. The number of ether oxygens (including phenoxy) is 1. The summed E-state index contributed by atoms with van der Waals surface area (Å²) in [5, 5.41) is 16.2. The number of rotatable bonds is 6. The van der Waals surface area contributed by atoms with Gasteiger partial charge in [-0.1, -0.05) is 0 Å². The summed E-state index contributed by atoms with van der Waals surface area (Å²) in [6.07, 6.45) is 0. The molecule has 0 rings (SSSR count). The maximum Gasteiger partial charge on any atom is 0.512 e. The first-order valence-electron chi connectivity index (χ1n) is 3.74. The maximum atomic E-state index is 11.7. The highest BCUT2D eigenvalue weighted by Gasteiger charge is 2.17. The van der Waals surface area contributed by atoms with Crippen LogP contribution in [0.2, 0.25) is 0 Å². The van der Waals surface area contributed by atoms with Crippen LogP contribution in [0.4, 0.5) is 4.20 Å². The highest BCUT2D eigenvalue weighted by Crippen LogP contribution is 2.47. The first kappa shape index (κ1) is 16.4. The fraction of sp³-hybridized carbons (Fsp3) is 1.00. The van der Waals surface area contributed by atoms with Crippen LogP contribution in [0.25, 0.3) is 0 Å². The van der Waals surface area contributed by atoms with Gasteiger partial charge >= 0.3 is 7.91 Å². The lowest BCUT2D eigenvalue weighted by molar-refractivity contribution is 0.0650. The van der Waals surface area contributed by atoms with Crippen LogP contribution in [0.5, 0.6) is 0 Å². The van der Waals surface area contributed by atoms with E-state index in [0.717, 1.165) is 14.2 Å². The molecule has 6 nitrogen and oxygen atoms in total. The van der Waals surface area contributed by atoms with Crippen molar-refractivity contribution in [3.8, 4) is 0 Å². The molecule has 0 amide bonds. The second kappa shape index (κ2) is 11.0. The number of aliphatic hydroxyl groups excluding tert-OH is 2. The van der Waals surface area contributed by atoms with Crippen LogP contribution in [0, 0.1) is 0 Å². The summed E-state index contributed by atoms with van der Waals surface area (Å²) in [6.45, 7) is 0.696. The summed E-state index contributed by atoms with van der Waals surface area (Å²) in [5.74, 6) is 0. The standard InChI is InChI=1S/C4H10O3.C2H6FO3P/c5-1-3-7-4-2-6;1-5-7(3,4)6-2/h5-6H,1-4H2;1-2H3. The zero-order valence-electron chi connectivity index (χ0n) is 8.18. The van der Waals surface area contributed by atoms with E-state index >= 15 is 0 Å². The molecule has 0 atom stereocenters. The Morgan fingerprint density at radius 1 is 1.14 bits per heavy atom. The Balaban J connectivity index is 0. The fourth-order valence-corrected chi connectivity index (χ4v) is 0.455. The minimum Gasteiger partial charge on any atom is -0.394 e. The molecule has 8 heteroatoms. The maximum absolute atomic E-state index is 11.7. The molecule has 0 heterocycles. The predicted octanol–water partition coefficient (Wildman–Crippen LogP) is 0.344. The van der Waals surface area contributed by atoms with Crippen LogP contribution in [-0.2, 0) is 18.3 Å². The normalized spacial score (nSPS) is 10.6. The van der Waals surface area contributed by atoms with Gasteiger partial charge in [0, 0.05) is 14.2 Å². The SMILES string of the molecule is COP(=O)(F)OC.OCCOCCO. The van der Waals surface area contributed by atoms with E-state index < -0.39 is 7.91 Å². The summed E-state index contributed by atoms with van der Waals surface area (Å²) in [7, 11) is -2.20. The molecule has 2 N–H and O–H groups in total. The molecule has 0 aliphatic rings. The van der Waals surface area contributed by atoms with E-state index in [0.29, 0.717) is 13.2 Å². The van der Waals surface area contributed by atoms with Crippen molar-refractivity contribution in [2.45, 2.75) is 0 Å². The summed E-state index contributed by atoms with van der Waals surface area (Å²) in [6, 6.07) is 0. The van der Waals surface area contributed by atoms with Crippen molar-refractivity contribution >= 4 is 7.91 Å². The summed E-state index contributed by atoms with van der Waals surface area (Å²) in [4.78, 5) is 0. The molecule has 0 radical (unpaired) electrons. The molecule has 0 aromatic carbocycles. The van der Waals surface area contributed by atoms with Crippen LogP contribution >= 0.6 is 7.91 Å². The number of aliphatic hydroxyl groups is 2. The van der Waals surface area contributed by atoms with Crippen molar-refractivity contribution in [2.75, 3.05) is 40.6 Å². The molecular formula is C6H16FO6P. The Bertz CT molecular complexity index is 143. The third kappa shape index (κ3) is 14.5. The summed E-state index contributed by atoms with van der Waals surface area (Å²) in [5.41, 5.74) is 0. The van der Waals surface area contributed by atoms with E-state index in [-0.39, 0.29) is 13.2 Å². The Morgan fingerprint density at radius 3 is 1.64 bits per heavy atom.